The van der Waals surface area contributed by atoms with Gasteiger partial charge < -0.3 is 9.80 Å². The lowest BCUT2D eigenvalue weighted by molar-refractivity contribution is 0.307. The Kier molecular flexibility index (Phi) is 5.79. The van der Waals surface area contributed by atoms with Crippen molar-refractivity contribution in [3.8, 4) is 11.3 Å². The Labute approximate surface area is 201 Å². The van der Waals surface area contributed by atoms with Gasteiger partial charge in [0.25, 0.3) is 5.78 Å². The lowest BCUT2D eigenvalue weighted by atomic mass is 9.94. The second kappa shape index (κ2) is 8.91. The molecule has 0 unspecified atom stereocenters. The fraction of sp³-hybridized carbons (Fsp3) is 0.296. The maximum absolute atomic E-state index is 4.98. The highest BCUT2D eigenvalue weighted by Gasteiger charge is 2.27. The van der Waals surface area contributed by atoms with E-state index < -0.39 is 0 Å². The van der Waals surface area contributed by atoms with Gasteiger partial charge in [-0.05, 0) is 48.0 Å². The van der Waals surface area contributed by atoms with Crippen LogP contribution in [0.15, 0.2) is 54.9 Å². The van der Waals surface area contributed by atoms with Crippen LogP contribution in [0.4, 0.5) is 11.4 Å². The van der Waals surface area contributed by atoms with Gasteiger partial charge in [-0.15, -0.1) is 0 Å². The predicted molar refractivity (Wildman–Crippen MR) is 140 cm³/mol. The summed E-state index contributed by atoms with van der Waals surface area (Å²) in [6.07, 6.45) is 3.85. The fourth-order valence-corrected chi connectivity index (χ4v) is 4.51. The molecular weight excluding hydrogens is 422 g/mol. The molecule has 0 fully saturated rings. The Morgan fingerprint density at radius 1 is 0.882 bits per heavy atom. The Morgan fingerprint density at radius 2 is 1.53 bits per heavy atom. The van der Waals surface area contributed by atoms with Gasteiger partial charge >= 0.3 is 0 Å². The number of hydrogen-bond acceptors (Lipinski definition) is 6. The van der Waals surface area contributed by atoms with Crippen LogP contribution in [0.5, 0.6) is 0 Å². The van der Waals surface area contributed by atoms with Crippen molar-refractivity contribution in [1.29, 1.82) is 0 Å². The molecule has 5 rings (SSSR count). The molecule has 0 amide bonds. The van der Waals surface area contributed by atoms with Crippen LogP contribution in [0.2, 0.25) is 0 Å². The molecule has 0 spiro atoms. The summed E-state index contributed by atoms with van der Waals surface area (Å²) in [6, 6.07) is 17.3. The summed E-state index contributed by atoms with van der Waals surface area (Å²) in [6.45, 7) is 4.86. The smallest absolute Gasteiger partial charge is 0.253 e. The number of rotatable bonds is 5. The number of fused-ring (bicyclic) bond motifs is 2. The Bertz CT molecular complexity index is 1330. The molecule has 2 aromatic heterocycles. The first-order valence-electron chi connectivity index (χ1n) is 11.7. The average Bonchev–Trinajstić information content (AvgIpc) is 3.31. The third-order valence-electron chi connectivity index (χ3n) is 6.46. The molecular formula is C27H31N7. The van der Waals surface area contributed by atoms with Crippen molar-refractivity contribution in [2.45, 2.75) is 13.5 Å². The van der Waals surface area contributed by atoms with Crippen LogP contribution in [-0.2, 0) is 6.54 Å². The minimum absolute atomic E-state index is 0.629. The lowest BCUT2D eigenvalue weighted by Gasteiger charge is -2.30. The number of likely N-dealkylation sites (N-methyl/N-ethyl adjacent to an activating group) is 1. The van der Waals surface area contributed by atoms with Crippen molar-refractivity contribution < 1.29 is 0 Å². The van der Waals surface area contributed by atoms with Gasteiger partial charge in [0.05, 0.1) is 11.4 Å². The lowest BCUT2D eigenvalue weighted by Crippen LogP contribution is -2.31. The quantitative estimate of drug-likeness (QED) is 0.449. The van der Waals surface area contributed by atoms with Crippen LogP contribution < -0.4 is 9.80 Å². The van der Waals surface area contributed by atoms with Crippen molar-refractivity contribution in [1.82, 2.24) is 24.5 Å². The van der Waals surface area contributed by atoms with Gasteiger partial charge in [-0.25, -0.2) is 4.98 Å². The SMILES string of the molecule is CCN1C/C(=C/c2ccc(N(C)C)cc2)c2nc3ncnn3c(-c3ccc(N(C)C)cc3)c2C1. The van der Waals surface area contributed by atoms with E-state index in [1.165, 1.54) is 28.1 Å². The molecule has 0 saturated carbocycles. The molecule has 7 heteroatoms. The average molecular weight is 454 g/mol. The monoisotopic (exact) mass is 453 g/mol. The van der Waals surface area contributed by atoms with Crippen molar-refractivity contribution in [2.24, 2.45) is 0 Å². The third-order valence-corrected chi connectivity index (χ3v) is 6.46. The Hall–Kier alpha value is -3.71. The predicted octanol–water partition coefficient (Wildman–Crippen LogP) is 4.30. The summed E-state index contributed by atoms with van der Waals surface area (Å²) in [5, 5.41) is 4.54. The molecule has 34 heavy (non-hydrogen) atoms. The van der Waals surface area contributed by atoms with Gasteiger partial charge in [-0.1, -0.05) is 31.2 Å². The molecule has 1 aliphatic rings. The van der Waals surface area contributed by atoms with Gasteiger partial charge in [0.1, 0.15) is 6.33 Å². The second-order valence-corrected chi connectivity index (χ2v) is 9.16. The summed E-state index contributed by atoms with van der Waals surface area (Å²) < 4.78 is 1.88. The number of benzene rings is 2. The van der Waals surface area contributed by atoms with Gasteiger partial charge in [-0.3, -0.25) is 4.90 Å². The molecule has 3 heterocycles. The zero-order valence-electron chi connectivity index (χ0n) is 20.5. The zero-order valence-corrected chi connectivity index (χ0v) is 20.5. The van der Waals surface area contributed by atoms with Gasteiger partial charge in [0.2, 0.25) is 0 Å². The zero-order chi connectivity index (χ0) is 23.8. The highest BCUT2D eigenvalue weighted by Crippen LogP contribution is 2.35. The molecule has 4 aromatic rings. The maximum atomic E-state index is 4.98. The summed E-state index contributed by atoms with van der Waals surface area (Å²) >= 11 is 0. The Balaban J connectivity index is 1.68. The Morgan fingerprint density at radius 3 is 2.15 bits per heavy atom. The van der Waals surface area contributed by atoms with E-state index >= 15 is 0 Å². The number of nitrogens with zero attached hydrogens (tertiary/aromatic N) is 7. The molecule has 0 atom stereocenters. The van der Waals surface area contributed by atoms with Crippen molar-refractivity contribution in [3.05, 3.63) is 71.7 Å². The fourth-order valence-electron chi connectivity index (χ4n) is 4.51. The van der Waals surface area contributed by atoms with Crippen LogP contribution in [-0.4, -0.2) is 65.8 Å². The maximum Gasteiger partial charge on any atom is 0.253 e. The molecule has 0 radical (unpaired) electrons. The van der Waals surface area contributed by atoms with Crippen LogP contribution >= 0.6 is 0 Å². The van der Waals surface area contributed by atoms with Crippen LogP contribution in [0, 0.1) is 0 Å². The van der Waals surface area contributed by atoms with Crippen molar-refractivity contribution in [3.63, 3.8) is 0 Å². The summed E-state index contributed by atoms with van der Waals surface area (Å²) in [4.78, 5) is 16.1. The normalized spacial score (nSPS) is 15.0. The highest BCUT2D eigenvalue weighted by atomic mass is 15.3. The number of anilines is 2. The summed E-state index contributed by atoms with van der Waals surface area (Å²) in [7, 11) is 8.23. The molecule has 2 aromatic carbocycles. The number of hydrogen-bond donors (Lipinski definition) is 0. The second-order valence-electron chi connectivity index (χ2n) is 9.16. The van der Waals surface area contributed by atoms with Gasteiger partial charge in [0, 0.05) is 63.8 Å². The molecule has 7 nitrogen and oxygen atoms in total. The van der Waals surface area contributed by atoms with Gasteiger partial charge in [-0.2, -0.15) is 14.6 Å². The minimum atomic E-state index is 0.629. The van der Waals surface area contributed by atoms with E-state index in [4.69, 9.17) is 4.98 Å². The van der Waals surface area contributed by atoms with Crippen LogP contribution in [0.1, 0.15) is 23.7 Å². The first-order valence-corrected chi connectivity index (χ1v) is 11.7. The van der Waals surface area contributed by atoms with E-state index in [1.54, 1.807) is 6.33 Å². The first kappa shape index (κ1) is 22.1. The summed E-state index contributed by atoms with van der Waals surface area (Å²) in [5.41, 5.74) is 9.13. The minimum Gasteiger partial charge on any atom is -0.378 e. The van der Waals surface area contributed by atoms with E-state index in [1.807, 2.05) is 4.52 Å². The molecule has 0 saturated heterocycles. The third kappa shape index (κ3) is 4.03. The van der Waals surface area contributed by atoms with E-state index in [0.29, 0.717) is 5.78 Å². The van der Waals surface area contributed by atoms with Crippen molar-refractivity contribution in [2.75, 3.05) is 51.1 Å². The first-order chi connectivity index (χ1) is 16.4. The van der Waals surface area contributed by atoms with Crippen LogP contribution in [0.3, 0.4) is 0 Å². The van der Waals surface area contributed by atoms with Crippen molar-refractivity contribution >= 4 is 28.8 Å². The van der Waals surface area contributed by atoms with Crippen LogP contribution in [0.25, 0.3) is 28.7 Å². The van der Waals surface area contributed by atoms with E-state index in [9.17, 15) is 0 Å². The molecule has 0 bridgehead atoms. The van der Waals surface area contributed by atoms with Gasteiger partial charge in [0.15, 0.2) is 0 Å². The number of aromatic nitrogens is 4. The topological polar surface area (TPSA) is 52.8 Å². The molecule has 0 N–H and O–H groups in total. The highest BCUT2D eigenvalue weighted by molar-refractivity contribution is 5.86. The largest absolute Gasteiger partial charge is 0.378 e. The molecule has 1 aliphatic heterocycles. The van der Waals surface area contributed by atoms with E-state index in [2.05, 4.69) is 115 Å². The van der Waals surface area contributed by atoms with E-state index in [0.717, 1.165) is 36.6 Å². The van der Waals surface area contributed by atoms with E-state index in [-0.39, 0.29) is 0 Å². The molecule has 0 aliphatic carbocycles. The standard InChI is InChI=1S/C27H31N7/c1-6-33-16-21(15-19-7-11-22(12-8-19)31(2)3)25-24(17-33)26(34-27(30-25)28-18-29-34)20-9-13-23(14-10-20)32(4)5/h7-15,18H,6,16-17H2,1-5H3/b21-15-. The molecule has 174 valence electrons. The summed E-state index contributed by atoms with van der Waals surface area (Å²) in [5.74, 6) is 0.629.